The van der Waals surface area contributed by atoms with E-state index in [1.54, 1.807) is 0 Å². The molecule has 1 fully saturated rings. The average molecular weight is 276 g/mol. The number of hydrogen-bond donors (Lipinski definition) is 1. The lowest BCUT2D eigenvalue weighted by Crippen LogP contribution is -2.15. The lowest BCUT2D eigenvalue weighted by atomic mass is 10.3. The van der Waals surface area contributed by atoms with Crippen molar-refractivity contribution in [2.45, 2.75) is 12.8 Å². The van der Waals surface area contributed by atoms with Gasteiger partial charge < -0.3 is 14.8 Å². The van der Waals surface area contributed by atoms with E-state index >= 15 is 0 Å². The minimum atomic E-state index is 0.0799. The van der Waals surface area contributed by atoms with Gasteiger partial charge in [-0.3, -0.25) is 4.79 Å². The first-order chi connectivity index (χ1) is 9.29. The van der Waals surface area contributed by atoms with Gasteiger partial charge in [-0.2, -0.15) is 0 Å². The first kappa shape index (κ1) is 11.0. The van der Waals surface area contributed by atoms with Gasteiger partial charge in [-0.05, 0) is 12.8 Å². The smallest absolute Gasteiger partial charge is 0.229 e. The van der Waals surface area contributed by atoms with Gasteiger partial charge in [-0.15, -0.1) is 0 Å². The van der Waals surface area contributed by atoms with Gasteiger partial charge in [0.25, 0.3) is 0 Å². The normalized spacial score (nSPS) is 17.5. The zero-order valence-electron chi connectivity index (χ0n) is 10.1. The SMILES string of the molecule is O=C(Nc1nc2cc3c(cc2s1)OCCO3)C1CC1. The van der Waals surface area contributed by atoms with E-state index in [4.69, 9.17) is 9.47 Å². The Balaban J connectivity index is 1.68. The van der Waals surface area contributed by atoms with Crippen LogP contribution in [-0.4, -0.2) is 24.1 Å². The van der Waals surface area contributed by atoms with E-state index in [1.165, 1.54) is 11.3 Å². The van der Waals surface area contributed by atoms with Crippen LogP contribution < -0.4 is 14.8 Å². The quantitative estimate of drug-likeness (QED) is 0.915. The van der Waals surface area contributed by atoms with E-state index in [2.05, 4.69) is 10.3 Å². The van der Waals surface area contributed by atoms with E-state index in [0.717, 1.165) is 34.6 Å². The van der Waals surface area contributed by atoms with Crippen LogP contribution in [0, 0.1) is 5.92 Å². The minimum Gasteiger partial charge on any atom is -0.486 e. The third-order valence-corrected chi connectivity index (χ3v) is 4.16. The predicted molar refractivity (Wildman–Crippen MR) is 72.0 cm³/mol. The molecule has 1 aromatic heterocycles. The Morgan fingerprint density at radius 2 is 2.00 bits per heavy atom. The maximum absolute atomic E-state index is 11.7. The topological polar surface area (TPSA) is 60.5 Å². The van der Waals surface area contributed by atoms with Gasteiger partial charge >= 0.3 is 0 Å². The Morgan fingerprint density at radius 1 is 1.26 bits per heavy atom. The first-order valence-electron chi connectivity index (χ1n) is 6.31. The fourth-order valence-corrected chi connectivity index (χ4v) is 2.95. The second kappa shape index (κ2) is 4.09. The maximum Gasteiger partial charge on any atom is 0.229 e. The third-order valence-electron chi connectivity index (χ3n) is 3.23. The summed E-state index contributed by atoms with van der Waals surface area (Å²) in [5.41, 5.74) is 0.834. The summed E-state index contributed by atoms with van der Waals surface area (Å²) < 4.78 is 12.1. The Hall–Kier alpha value is -1.82. The van der Waals surface area contributed by atoms with Crippen LogP contribution in [0.25, 0.3) is 10.2 Å². The third kappa shape index (κ3) is 2.02. The molecule has 5 nitrogen and oxygen atoms in total. The van der Waals surface area contributed by atoms with Crippen LogP contribution >= 0.6 is 11.3 Å². The van der Waals surface area contributed by atoms with Crippen LogP contribution in [0.5, 0.6) is 11.5 Å². The number of anilines is 1. The van der Waals surface area contributed by atoms with Crippen LogP contribution in [0.4, 0.5) is 5.13 Å². The van der Waals surface area contributed by atoms with E-state index in [0.29, 0.717) is 18.3 Å². The summed E-state index contributed by atoms with van der Waals surface area (Å²) >= 11 is 1.46. The lowest BCUT2D eigenvalue weighted by Gasteiger charge is -2.17. The van der Waals surface area contributed by atoms with Crippen molar-refractivity contribution in [1.29, 1.82) is 0 Å². The molecule has 4 rings (SSSR count). The summed E-state index contributed by atoms with van der Waals surface area (Å²) in [6, 6.07) is 3.79. The van der Waals surface area contributed by atoms with E-state index in [9.17, 15) is 4.79 Å². The molecule has 2 aliphatic rings. The molecule has 19 heavy (non-hydrogen) atoms. The monoisotopic (exact) mass is 276 g/mol. The molecule has 0 spiro atoms. The highest BCUT2D eigenvalue weighted by Crippen LogP contribution is 2.38. The number of amides is 1. The Kier molecular flexibility index (Phi) is 2.38. The number of hydrogen-bond acceptors (Lipinski definition) is 5. The molecule has 1 aromatic carbocycles. The van der Waals surface area contributed by atoms with Crippen molar-refractivity contribution in [2.75, 3.05) is 18.5 Å². The molecule has 1 aliphatic heterocycles. The molecule has 1 aliphatic carbocycles. The molecule has 98 valence electrons. The van der Waals surface area contributed by atoms with Gasteiger partial charge in [-0.1, -0.05) is 11.3 Å². The molecule has 6 heteroatoms. The summed E-state index contributed by atoms with van der Waals surface area (Å²) in [5, 5.41) is 3.52. The molecule has 1 saturated carbocycles. The van der Waals surface area contributed by atoms with Gasteiger partial charge in [0, 0.05) is 18.1 Å². The van der Waals surface area contributed by atoms with Crippen LogP contribution in [0.3, 0.4) is 0 Å². The van der Waals surface area contributed by atoms with Crippen molar-refractivity contribution >= 4 is 32.6 Å². The Labute approximate surface area is 113 Å². The predicted octanol–water partition coefficient (Wildman–Crippen LogP) is 2.42. The maximum atomic E-state index is 11.7. The summed E-state index contributed by atoms with van der Waals surface area (Å²) in [5.74, 6) is 1.75. The summed E-state index contributed by atoms with van der Waals surface area (Å²) in [7, 11) is 0. The average Bonchev–Trinajstić information content (AvgIpc) is 3.18. The number of rotatable bonds is 2. The van der Waals surface area contributed by atoms with Crippen molar-refractivity contribution in [3.8, 4) is 11.5 Å². The van der Waals surface area contributed by atoms with Gasteiger partial charge in [-0.25, -0.2) is 4.98 Å². The van der Waals surface area contributed by atoms with Gasteiger partial charge in [0.15, 0.2) is 16.6 Å². The molecular formula is C13H12N2O3S. The van der Waals surface area contributed by atoms with Gasteiger partial charge in [0.2, 0.25) is 5.91 Å². The fraction of sp³-hybridized carbons (Fsp3) is 0.385. The van der Waals surface area contributed by atoms with E-state index in [-0.39, 0.29) is 11.8 Å². The standard InChI is InChI=1S/C13H12N2O3S/c16-12(7-1-2-7)15-13-14-8-5-9-10(6-11(8)19-13)18-4-3-17-9/h5-7H,1-4H2,(H,14,15,16). The van der Waals surface area contributed by atoms with Crippen LogP contribution in [0.15, 0.2) is 12.1 Å². The summed E-state index contributed by atoms with van der Waals surface area (Å²) in [6.07, 6.45) is 1.99. The lowest BCUT2D eigenvalue weighted by molar-refractivity contribution is -0.117. The van der Waals surface area contributed by atoms with E-state index < -0.39 is 0 Å². The number of nitrogens with zero attached hydrogens (tertiary/aromatic N) is 1. The number of fused-ring (bicyclic) bond motifs is 2. The summed E-state index contributed by atoms with van der Waals surface area (Å²) in [6.45, 7) is 1.14. The molecule has 0 radical (unpaired) electrons. The molecule has 0 unspecified atom stereocenters. The number of carbonyl (C=O) groups is 1. The van der Waals surface area contributed by atoms with Crippen LogP contribution in [-0.2, 0) is 4.79 Å². The molecule has 1 amide bonds. The van der Waals surface area contributed by atoms with Crippen molar-refractivity contribution < 1.29 is 14.3 Å². The highest BCUT2D eigenvalue weighted by molar-refractivity contribution is 7.22. The van der Waals surface area contributed by atoms with Crippen molar-refractivity contribution in [2.24, 2.45) is 5.92 Å². The fourth-order valence-electron chi connectivity index (χ4n) is 2.07. The second-order valence-electron chi connectivity index (χ2n) is 4.75. The first-order valence-corrected chi connectivity index (χ1v) is 7.12. The minimum absolute atomic E-state index is 0.0799. The number of benzene rings is 1. The van der Waals surface area contributed by atoms with Crippen molar-refractivity contribution in [3.05, 3.63) is 12.1 Å². The molecule has 0 atom stereocenters. The Morgan fingerprint density at radius 3 is 2.74 bits per heavy atom. The second-order valence-corrected chi connectivity index (χ2v) is 5.78. The number of thiazole rings is 1. The highest BCUT2D eigenvalue weighted by Gasteiger charge is 2.30. The number of aromatic nitrogens is 1. The molecular weight excluding hydrogens is 264 g/mol. The zero-order valence-corrected chi connectivity index (χ0v) is 11.0. The van der Waals surface area contributed by atoms with Crippen LogP contribution in [0.2, 0.25) is 0 Å². The molecule has 0 saturated heterocycles. The molecule has 0 bridgehead atoms. The highest BCUT2D eigenvalue weighted by atomic mass is 32.1. The molecule has 1 N–H and O–H groups in total. The largest absolute Gasteiger partial charge is 0.486 e. The summed E-state index contributed by atoms with van der Waals surface area (Å²) in [4.78, 5) is 16.1. The number of carbonyl (C=O) groups excluding carboxylic acids is 1. The number of ether oxygens (including phenoxy) is 2. The van der Waals surface area contributed by atoms with E-state index in [1.807, 2.05) is 12.1 Å². The Bertz CT molecular complexity index is 620. The zero-order chi connectivity index (χ0) is 12.8. The van der Waals surface area contributed by atoms with Gasteiger partial charge in [0.1, 0.15) is 13.2 Å². The van der Waals surface area contributed by atoms with Crippen LogP contribution in [0.1, 0.15) is 12.8 Å². The van der Waals surface area contributed by atoms with Crippen molar-refractivity contribution in [3.63, 3.8) is 0 Å². The molecule has 2 aromatic rings. The number of nitrogens with one attached hydrogen (secondary N) is 1. The van der Waals surface area contributed by atoms with Gasteiger partial charge in [0.05, 0.1) is 10.2 Å². The van der Waals surface area contributed by atoms with Crippen molar-refractivity contribution in [1.82, 2.24) is 4.98 Å². The molecule has 2 heterocycles.